The van der Waals surface area contributed by atoms with Crippen molar-refractivity contribution in [3.05, 3.63) is 29.3 Å². The highest BCUT2D eigenvalue weighted by Crippen LogP contribution is 2.39. The van der Waals surface area contributed by atoms with Gasteiger partial charge in [-0.05, 0) is 66.0 Å². The van der Waals surface area contributed by atoms with Crippen LogP contribution in [0.5, 0.6) is 5.75 Å². The summed E-state index contributed by atoms with van der Waals surface area (Å²) in [4.78, 5) is 2.23. The molecule has 1 heterocycles. The maximum atomic E-state index is 6.13. The van der Waals surface area contributed by atoms with Gasteiger partial charge in [0.15, 0.2) is 0 Å². The van der Waals surface area contributed by atoms with Gasteiger partial charge in [0.2, 0.25) is 0 Å². The number of aryl methyl sites for hydroxylation is 1. The number of hydrogen-bond acceptors (Lipinski definition) is 3. The van der Waals surface area contributed by atoms with Gasteiger partial charge >= 0.3 is 0 Å². The number of fused-ring (bicyclic) bond motifs is 1. The predicted octanol–water partition coefficient (Wildman–Crippen LogP) is 3.14. The molecule has 112 valence electrons. The van der Waals surface area contributed by atoms with Gasteiger partial charge in [-0.15, -0.1) is 0 Å². The highest BCUT2D eigenvalue weighted by Gasteiger charge is 2.33. The predicted molar refractivity (Wildman–Crippen MR) is 84.4 cm³/mol. The van der Waals surface area contributed by atoms with Crippen LogP contribution in [-0.2, 0) is 0 Å². The first kappa shape index (κ1) is 15.3. The summed E-state index contributed by atoms with van der Waals surface area (Å²) in [7, 11) is 4.24. The molecule has 1 aliphatic rings. The van der Waals surface area contributed by atoms with Gasteiger partial charge < -0.3 is 15.0 Å². The van der Waals surface area contributed by atoms with Gasteiger partial charge in [0.1, 0.15) is 11.4 Å². The molecule has 20 heavy (non-hydrogen) atoms. The molecule has 2 rings (SSSR count). The van der Waals surface area contributed by atoms with Crippen LogP contribution >= 0.6 is 0 Å². The number of rotatable bonds is 5. The molecule has 1 aromatic carbocycles. The molecule has 1 unspecified atom stereocenters. The Morgan fingerprint density at radius 1 is 1.35 bits per heavy atom. The lowest BCUT2D eigenvalue weighted by molar-refractivity contribution is 0.0659. The molecular weight excluding hydrogens is 248 g/mol. The zero-order valence-corrected chi connectivity index (χ0v) is 13.5. The van der Waals surface area contributed by atoms with Crippen molar-refractivity contribution in [1.82, 2.24) is 10.2 Å². The molecule has 0 fully saturated rings. The number of benzene rings is 1. The molecule has 0 aromatic heterocycles. The summed E-state index contributed by atoms with van der Waals surface area (Å²) >= 11 is 0. The van der Waals surface area contributed by atoms with Crippen molar-refractivity contribution >= 4 is 0 Å². The lowest BCUT2D eigenvalue weighted by atomic mass is 9.89. The number of ether oxygens (including phenoxy) is 1. The van der Waals surface area contributed by atoms with Gasteiger partial charge in [-0.2, -0.15) is 0 Å². The van der Waals surface area contributed by atoms with E-state index in [0.29, 0.717) is 6.04 Å². The minimum absolute atomic E-state index is 0.0972. The Kier molecular flexibility index (Phi) is 4.71. The van der Waals surface area contributed by atoms with E-state index in [1.165, 1.54) is 17.5 Å². The van der Waals surface area contributed by atoms with Crippen LogP contribution in [0.3, 0.4) is 0 Å². The third-order valence-electron chi connectivity index (χ3n) is 3.80. The topological polar surface area (TPSA) is 24.5 Å². The molecule has 1 atom stereocenters. The van der Waals surface area contributed by atoms with Gasteiger partial charge in [0.05, 0.1) is 0 Å². The van der Waals surface area contributed by atoms with Crippen LogP contribution in [0.15, 0.2) is 18.2 Å². The summed E-state index contributed by atoms with van der Waals surface area (Å²) in [5, 5.41) is 3.70. The molecule has 0 spiro atoms. The van der Waals surface area contributed by atoms with E-state index in [1.807, 2.05) is 0 Å². The van der Waals surface area contributed by atoms with E-state index in [9.17, 15) is 0 Å². The maximum Gasteiger partial charge on any atom is 0.125 e. The van der Waals surface area contributed by atoms with Crippen molar-refractivity contribution in [3.63, 3.8) is 0 Å². The van der Waals surface area contributed by atoms with E-state index in [4.69, 9.17) is 4.74 Å². The first-order chi connectivity index (χ1) is 9.37. The summed E-state index contributed by atoms with van der Waals surface area (Å²) in [5.41, 5.74) is 2.47. The van der Waals surface area contributed by atoms with Crippen molar-refractivity contribution in [2.45, 2.75) is 45.3 Å². The van der Waals surface area contributed by atoms with Crippen LogP contribution in [0, 0.1) is 6.92 Å². The molecule has 0 bridgehead atoms. The van der Waals surface area contributed by atoms with E-state index >= 15 is 0 Å². The van der Waals surface area contributed by atoms with Gasteiger partial charge in [-0.3, -0.25) is 0 Å². The monoisotopic (exact) mass is 276 g/mol. The third-order valence-corrected chi connectivity index (χ3v) is 3.80. The average molecular weight is 276 g/mol. The lowest BCUT2D eigenvalue weighted by Gasteiger charge is -2.38. The van der Waals surface area contributed by atoms with Crippen molar-refractivity contribution in [3.8, 4) is 5.75 Å². The van der Waals surface area contributed by atoms with Crippen LogP contribution in [0.4, 0.5) is 0 Å². The Bertz CT molecular complexity index is 454. The molecular formula is C17H28N2O. The summed E-state index contributed by atoms with van der Waals surface area (Å²) in [6.07, 6.45) is 2.19. The Morgan fingerprint density at radius 2 is 2.10 bits per heavy atom. The smallest absolute Gasteiger partial charge is 0.125 e. The molecule has 0 aliphatic carbocycles. The highest BCUT2D eigenvalue weighted by molar-refractivity contribution is 5.41. The van der Waals surface area contributed by atoms with E-state index in [0.717, 1.165) is 25.3 Å². The zero-order chi connectivity index (χ0) is 14.8. The fourth-order valence-corrected chi connectivity index (χ4v) is 2.81. The van der Waals surface area contributed by atoms with Crippen molar-refractivity contribution in [2.75, 3.05) is 27.2 Å². The maximum absolute atomic E-state index is 6.13. The molecule has 1 N–H and O–H groups in total. The second-order valence-corrected chi connectivity index (χ2v) is 6.77. The summed E-state index contributed by atoms with van der Waals surface area (Å²) in [6.45, 7) is 8.64. The Morgan fingerprint density at radius 3 is 2.80 bits per heavy atom. The third kappa shape index (κ3) is 3.97. The first-order valence-electron chi connectivity index (χ1n) is 7.55. The molecule has 0 saturated heterocycles. The van der Waals surface area contributed by atoms with Crippen molar-refractivity contribution < 1.29 is 4.74 Å². The number of hydrogen-bond donors (Lipinski definition) is 1. The first-order valence-corrected chi connectivity index (χ1v) is 7.55. The molecule has 0 amide bonds. The standard InChI is InChI=1S/C17H28N2O/c1-13-7-8-14-15(18-9-6-10-19(4)5)12-17(2,3)20-16(14)11-13/h7-8,11,15,18H,6,9-10,12H2,1-5H3. The summed E-state index contributed by atoms with van der Waals surface area (Å²) < 4.78 is 6.13. The van der Waals surface area contributed by atoms with Crippen molar-refractivity contribution in [2.24, 2.45) is 0 Å². The fourth-order valence-electron chi connectivity index (χ4n) is 2.81. The van der Waals surface area contributed by atoms with E-state index in [-0.39, 0.29) is 5.60 Å². The van der Waals surface area contributed by atoms with Crippen LogP contribution in [-0.4, -0.2) is 37.7 Å². The lowest BCUT2D eigenvalue weighted by Crippen LogP contribution is -2.40. The van der Waals surface area contributed by atoms with Crippen LogP contribution < -0.4 is 10.1 Å². The SMILES string of the molecule is Cc1ccc2c(c1)OC(C)(C)CC2NCCCN(C)C. The zero-order valence-electron chi connectivity index (χ0n) is 13.5. The Balaban J connectivity index is 2.05. The molecule has 0 saturated carbocycles. The van der Waals surface area contributed by atoms with Gasteiger partial charge in [0.25, 0.3) is 0 Å². The van der Waals surface area contributed by atoms with Gasteiger partial charge in [0, 0.05) is 18.0 Å². The summed E-state index contributed by atoms with van der Waals surface area (Å²) in [6, 6.07) is 6.94. The molecule has 1 aliphatic heterocycles. The minimum atomic E-state index is -0.0972. The second-order valence-electron chi connectivity index (χ2n) is 6.77. The van der Waals surface area contributed by atoms with Crippen LogP contribution in [0.2, 0.25) is 0 Å². The molecule has 1 aromatic rings. The number of nitrogens with zero attached hydrogens (tertiary/aromatic N) is 1. The van der Waals surface area contributed by atoms with Gasteiger partial charge in [-0.1, -0.05) is 12.1 Å². The number of nitrogens with one attached hydrogen (secondary N) is 1. The molecule has 3 heteroatoms. The quantitative estimate of drug-likeness (QED) is 0.836. The van der Waals surface area contributed by atoms with Crippen LogP contribution in [0.1, 0.15) is 43.9 Å². The average Bonchev–Trinajstić information content (AvgIpc) is 2.32. The van der Waals surface area contributed by atoms with Gasteiger partial charge in [-0.25, -0.2) is 0 Å². The molecule has 3 nitrogen and oxygen atoms in total. The Labute approximate surface area is 123 Å². The normalized spacial score (nSPS) is 20.6. The largest absolute Gasteiger partial charge is 0.487 e. The second kappa shape index (κ2) is 6.15. The molecule has 0 radical (unpaired) electrons. The fraction of sp³-hybridized carbons (Fsp3) is 0.647. The summed E-state index contributed by atoms with van der Waals surface area (Å²) in [5.74, 6) is 1.05. The van der Waals surface area contributed by atoms with E-state index < -0.39 is 0 Å². The highest BCUT2D eigenvalue weighted by atomic mass is 16.5. The van der Waals surface area contributed by atoms with Crippen molar-refractivity contribution in [1.29, 1.82) is 0 Å². The Hall–Kier alpha value is -1.06. The van der Waals surface area contributed by atoms with E-state index in [2.05, 4.69) is 63.3 Å². The minimum Gasteiger partial charge on any atom is -0.487 e. The van der Waals surface area contributed by atoms with Crippen LogP contribution in [0.25, 0.3) is 0 Å². The van der Waals surface area contributed by atoms with E-state index in [1.54, 1.807) is 0 Å².